The Morgan fingerprint density at radius 2 is 2.06 bits per heavy atom. The molecule has 0 saturated heterocycles. The second-order valence-corrected chi connectivity index (χ2v) is 3.64. The van der Waals surface area contributed by atoms with Crippen molar-refractivity contribution >= 4 is 5.97 Å². The number of esters is 1. The number of halogens is 1. The van der Waals surface area contributed by atoms with E-state index in [0.717, 1.165) is 0 Å². The van der Waals surface area contributed by atoms with Gasteiger partial charge in [-0.3, -0.25) is 4.79 Å². The molecule has 0 fully saturated rings. The van der Waals surface area contributed by atoms with Gasteiger partial charge in [0.2, 0.25) is 0 Å². The standard InChI is InChI=1S/C13H17FO3/c1-2-6-13(15)17-12(9-14)10-16-11-7-4-3-5-8-11/h3-5,7-8,12H,2,6,9-10H2,1H3/t12-/m0/s1. The lowest BCUT2D eigenvalue weighted by Crippen LogP contribution is -2.26. The molecule has 0 radical (unpaired) electrons. The molecule has 0 aliphatic carbocycles. The van der Waals surface area contributed by atoms with Crippen molar-refractivity contribution in [3.63, 3.8) is 0 Å². The highest BCUT2D eigenvalue weighted by atomic mass is 19.1. The molecule has 0 N–H and O–H groups in total. The average molecular weight is 240 g/mol. The van der Waals surface area contributed by atoms with Gasteiger partial charge in [0.05, 0.1) is 0 Å². The number of para-hydroxylation sites is 1. The Morgan fingerprint density at radius 3 is 2.65 bits per heavy atom. The number of carbonyl (C=O) groups is 1. The van der Waals surface area contributed by atoms with Crippen LogP contribution in [0.5, 0.6) is 5.75 Å². The monoisotopic (exact) mass is 240 g/mol. The van der Waals surface area contributed by atoms with Gasteiger partial charge in [-0.1, -0.05) is 25.1 Å². The molecule has 1 aromatic carbocycles. The molecule has 17 heavy (non-hydrogen) atoms. The third-order valence-electron chi connectivity index (χ3n) is 2.10. The van der Waals surface area contributed by atoms with Crippen LogP contribution < -0.4 is 4.74 Å². The molecular weight excluding hydrogens is 223 g/mol. The van der Waals surface area contributed by atoms with Crippen molar-refractivity contribution in [2.75, 3.05) is 13.3 Å². The predicted molar refractivity (Wildman–Crippen MR) is 62.7 cm³/mol. The van der Waals surface area contributed by atoms with Crippen LogP contribution in [-0.4, -0.2) is 25.4 Å². The molecule has 0 aromatic heterocycles. The Balaban J connectivity index is 2.34. The summed E-state index contributed by atoms with van der Waals surface area (Å²) < 4.78 is 22.8. The molecule has 0 aliphatic rings. The quantitative estimate of drug-likeness (QED) is 0.687. The van der Waals surface area contributed by atoms with Gasteiger partial charge in [0.25, 0.3) is 0 Å². The molecule has 1 atom stereocenters. The fourth-order valence-electron chi connectivity index (χ4n) is 1.26. The second kappa shape index (κ2) is 7.65. The van der Waals surface area contributed by atoms with Gasteiger partial charge in [0.1, 0.15) is 19.0 Å². The molecular formula is C13H17FO3. The number of carbonyl (C=O) groups excluding carboxylic acids is 1. The van der Waals surface area contributed by atoms with E-state index in [4.69, 9.17) is 9.47 Å². The van der Waals surface area contributed by atoms with E-state index in [1.807, 2.05) is 25.1 Å². The molecule has 0 amide bonds. The summed E-state index contributed by atoms with van der Waals surface area (Å²) in [5.41, 5.74) is 0. The summed E-state index contributed by atoms with van der Waals surface area (Å²) >= 11 is 0. The van der Waals surface area contributed by atoms with Crippen molar-refractivity contribution in [1.29, 1.82) is 0 Å². The summed E-state index contributed by atoms with van der Waals surface area (Å²) in [5.74, 6) is 0.254. The highest BCUT2D eigenvalue weighted by Gasteiger charge is 2.14. The zero-order chi connectivity index (χ0) is 12.5. The highest BCUT2D eigenvalue weighted by Crippen LogP contribution is 2.09. The molecule has 3 nitrogen and oxygen atoms in total. The summed E-state index contributed by atoms with van der Waals surface area (Å²) in [5, 5.41) is 0. The van der Waals surface area contributed by atoms with Crippen LogP contribution in [0.1, 0.15) is 19.8 Å². The number of ether oxygens (including phenoxy) is 2. The molecule has 94 valence electrons. The maximum absolute atomic E-state index is 12.6. The molecule has 0 bridgehead atoms. The van der Waals surface area contributed by atoms with E-state index in [1.165, 1.54) is 0 Å². The Hall–Kier alpha value is -1.58. The molecule has 0 heterocycles. The third-order valence-corrected chi connectivity index (χ3v) is 2.10. The van der Waals surface area contributed by atoms with Gasteiger partial charge in [0.15, 0.2) is 6.10 Å². The fraction of sp³-hybridized carbons (Fsp3) is 0.462. The molecule has 0 spiro atoms. The van der Waals surface area contributed by atoms with E-state index < -0.39 is 12.8 Å². The SMILES string of the molecule is CCCC(=O)O[C@@H](CF)COc1ccccc1. The normalized spacial score (nSPS) is 11.9. The van der Waals surface area contributed by atoms with E-state index >= 15 is 0 Å². The van der Waals surface area contributed by atoms with Gasteiger partial charge in [-0.05, 0) is 18.6 Å². The molecule has 0 saturated carbocycles. The predicted octanol–water partition coefficient (Wildman–Crippen LogP) is 2.75. The Morgan fingerprint density at radius 1 is 1.35 bits per heavy atom. The van der Waals surface area contributed by atoms with Crippen LogP contribution in [0.15, 0.2) is 30.3 Å². The maximum atomic E-state index is 12.6. The van der Waals surface area contributed by atoms with Crippen LogP contribution in [0.3, 0.4) is 0 Å². The first kappa shape index (κ1) is 13.5. The smallest absolute Gasteiger partial charge is 0.306 e. The van der Waals surface area contributed by atoms with E-state index in [-0.39, 0.29) is 12.6 Å². The van der Waals surface area contributed by atoms with Gasteiger partial charge >= 0.3 is 5.97 Å². The minimum atomic E-state index is -0.825. The number of alkyl halides is 1. The molecule has 0 aliphatic heterocycles. The molecule has 4 heteroatoms. The summed E-state index contributed by atoms with van der Waals surface area (Å²) in [6, 6.07) is 9.04. The van der Waals surface area contributed by atoms with Gasteiger partial charge < -0.3 is 9.47 Å². The zero-order valence-electron chi connectivity index (χ0n) is 9.90. The van der Waals surface area contributed by atoms with E-state index in [9.17, 15) is 9.18 Å². The Labute approximate surface area is 101 Å². The minimum absolute atomic E-state index is 0.0377. The zero-order valence-corrected chi connectivity index (χ0v) is 9.90. The lowest BCUT2D eigenvalue weighted by Gasteiger charge is -2.15. The summed E-state index contributed by atoms with van der Waals surface area (Å²) in [4.78, 5) is 11.2. The lowest BCUT2D eigenvalue weighted by molar-refractivity contribution is -0.151. The third kappa shape index (κ3) is 5.33. The Bertz CT molecular complexity index is 327. The van der Waals surface area contributed by atoms with E-state index in [2.05, 4.69) is 0 Å². The van der Waals surface area contributed by atoms with Gasteiger partial charge in [-0.15, -0.1) is 0 Å². The first-order chi connectivity index (χ1) is 8.26. The summed E-state index contributed by atoms with van der Waals surface area (Å²) in [7, 11) is 0. The second-order valence-electron chi connectivity index (χ2n) is 3.64. The van der Waals surface area contributed by atoms with Crippen LogP contribution >= 0.6 is 0 Å². The maximum Gasteiger partial charge on any atom is 0.306 e. The van der Waals surface area contributed by atoms with Gasteiger partial charge in [-0.25, -0.2) is 4.39 Å². The summed E-state index contributed by atoms with van der Waals surface area (Å²) in [6.07, 6.45) is 0.174. The van der Waals surface area contributed by atoms with Crippen LogP contribution in [0, 0.1) is 0 Å². The molecule has 1 aromatic rings. The summed E-state index contributed by atoms with van der Waals surface area (Å²) in [6.45, 7) is 1.17. The number of benzene rings is 1. The van der Waals surface area contributed by atoms with Crippen LogP contribution in [0.2, 0.25) is 0 Å². The van der Waals surface area contributed by atoms with Crippen molar-refractivity contribution in [3.8, 4) is 5.75 Å². The lowest BCUT2D eigenvalue weighted by atomic mass is 10.3. The van der Waals surface area contributed by atoms with Crippen molar-refractivity contribution < 1.29 is 18.7 Å². The first-order valence-corrected chi connectivity index (χ1v) is 5.69. The largest absolute Gasteiger partial charge is 0.490 e. The van der Waals surface area contributed by atoms with E-state index in [1.54, 1.807) is 12.1 Å². The van der Waals surface area contributed by atoms with E-state index in [0.29, 0.717) is 18.6 Å². The van der Waals surface area contributed by atoms with Crippen LogP contribution in [-0.2, 0) is 9.53 Å². The van der Waals surface area contributed by atoms with Gasteiger partial charge in [-0.2, -0.15) is 0 Å². The topological polar surface area (TPSA) is 35.5 Å². The Kier molecular flexibility index (Phi) is 6.07. The first-order valence-electron chi connectivity index (χ1n) is 5.69. The number of rotatable bonds is 7. The minimum Gasteiger partial charge on any atom is -0.490 e. The van der Waals surface area contributed by atoms with Crippen molar-refractivity contribution in [1.82, 2.24) is 0 Å². The average Bonchev–Trinajstić information content (AvgIpc) is 2.36. The number of hydrogen-bond donors (Lipinski definition) is 0. The molecule has 1 rings (SSSR count). The fourth-order valence-corrected chi connectivity index (χ4v) is 1.26. The van der Waals surface area contributed by atoms with Gasteiger partial charge in [0, 0.05) is 6.42 Å². The van der Waals surface area contributed by atoms with Crippen molar-refractivity contribution in [3.05, 3.63) is 30.3 Å². The van der Waals surface area contributed by atoms with Crippen molar-refractivity contribution in [2.24, 2.45) is 0 Å². The molecule has 0 unspecified atom stereocenters. The highest BCUT2D eigenvalue weighted by molar-refractivity contribution is 5.69. The van der Waals surface area contributed by atoms with Crippen LogP contribution in [0.25, 0.3) is 0 Å². The van der Waals surface area contributed by atoms with Crippen molar-refractivity contribution in [2.45, 2.75) is 25.9 Å². The number of hydrogen-bond acceptors (Lipinski definition) is 3. The van der Waals surface area contributed by atoms with Crippen LogP contribution in [0.4, 0.5) is 4.39 Å².